The molecule has 0 unspecified atom stereocenters. The molecule has 0 fully saturated rings. The molecule has 1 N–H and O–H groups in total. The van der Waals surface area contributed by atoms with E-state index >= 15 is 0 Å². The molecular weight excluding hydrogens is 406 g/mol. The van der Waals surface area contributed by atoms with E-state index in [1.807, 2.05) is 41.0 Å². The molecule has 7 heteroatoms. The van der Waals surface area contributed by atoms with Crippen LogP contribution in [0.25, 0.3) is 16.6 Å². The first kappa shape index (κ1) is 21.3. The molecular formula is C24H27N5OS. The maximum absolute atomic E-state index is 13.2. The number of rotatable bonds is 8. The van der Waals surface area contributed by atoms with Gasteiger partial charge in [0.15, 0.2) is 0 Å². The lowest BCUT2D eigenvalue weighted by atomic mass is 10.1. The van der Waals surface area contributed by atoms with Crippen molar-refractivity contribution in [2.45, 2.75) is 38.4 Å². The van der Waals surface area contributed by atoms with Crippen molar-refractivity contribution in [3.05, 3.63) is 82.4 Å². The Morgan fingerprint density at radius 1 is 1.06 bits per heavy atom. The minimum Gasteiger partial charge on any atom is -0.308 e. The van der Waals surface area contributed by atoms with Gasteiger partial charge in [0.25, 0.3) is 5.56 Å². The van der Waals surface area contributed by atoms with Crippen LogP contribution >= 0.6 is 11.8 Å². The molecule has 4 aromatic rings. The summed E-state index contributed by atoms with van der Waals surface area (Å²) >= 11 is 1.69. The molecule has 2 aromatic carbocycles. The molecule has 0 aliphatic heterocycles. The molecule has 0 aliphatic rings. The molecule has 0 saturated carbocycles. The van der Waals surface area contributed by atoms with Gasteiger partial charge in [-0.3, -0.25) is 4.79 Å². The van der Waals surface area contributed by atoms with Crippen molar-refractivity contribution in [1.29, 1.82) is 0 Å². The SMILES string of the molecule is CSc1ccc2cc(CNCc3cnn(-c4ccccc4)n3)c(=O)n(CC(C)C)c2c1. The van der Waals surface area contributed by atoms with E-state index in [2.05, 4.69) is 53.8 Å². The van der Waals surface area contributed by atoms with Crippen molar-refractivity contribution >= 4 is 22.7 Å². The monoisotopic (exact) mass is 433 g/mol. The summed E-state index contributed by atoms with van der Waals surface area (Å²) in [5.74, 6) is 0.384. The number of pyridine rings is 1. The second-order valence-electron chi connectivity index (χ2n) is 7.97. The lowest BCUT2D eigenvalue weighted by Gasteiger charge is -2.16. The van der Waals surface area contributed by atoms with Crippen molar-refractivity contribution in [3.63, 3.8) is 0 Å². The number of hydrogen-bond acceptors (Lipinski definition) is 5. The van der Waals surface area contributed by atoms with Crippen LogP contribution in [0.2, 0.25) is 0 Å². The second-order valence-corrected chi connectivity index (χ2v) is 8.85. The number of nitrogens with one attached hydrogen (secondary N) is 1. The number of aromatic nitrogens is 4. The topological polar surface area (TPSA) is 64.7 Å². The van der Waals surface area contributed by atoms with E-state index < -0.39 is 0 Å². The highest BCUT2D eigenvalue weighted by Gasteiger charge is 2.12. The fourth-order valence-electron chi connectivity index (χ4n) is 3.60. The molecule has 0 bridgehead atoms. The Hall–Kier alpha value is -2.90. The van der Waals surface area contributed by atoms with Gasteiger partial charge in [-0.15, -0.1) is 11.8 Å². The van der Waals surface area contributed by atoms with Crippen LogP contribution in [0, 0.1) is 5.92 Å². The van der Waals surface area contributed by atoms with Crippen LogP contribution in [0.15, 0.2) is 70.5 Å². The lowest BCUT2D eigenvalue weighted by Crippen LogP contribution is -2.29. The van der Waals surface area contributed by atoms with E-state index in [9.17, 15) is 4.79 Å². The summed E-state index contributed by atoms with van der Waals surface area (Å²) in [4.78, 5) is 16.0. The Morgan fingerprint density at radius 2 is 1.87 bits per heavy atom. The van der Waals surface area contributed by atoms with Gasteiger partial charge >= 0.3 is 0 Å². The van der Waals surface area contributed by atoms with Crippen molar-refractivity contribution in [1.82, 2.24) is 24.9 Å². The Bertz CT molecular complexity index is 1230. The van der Waals surface area contributed by atoms with Gasteiger partial charge in [0.1, 0.15) is 0 Å². The summed E-state index contributed by atoms with van der Waals surface area (Å²) in [5.41, 5.74) is 3.58. The van der Waals surface area contributed by atoms with Gasteiger partial charge < -0.3 is 9.88 Å². The van der Waals surface area contributed by atoms with Gasteiger partial charge in [-0.2, -0.15) is 15.0 Å². The van der Waals surface area contributed by atoms with E-state index in [1.165, 1.54) is 0 Å². The van der Waals surface area contributed by atoms with Gasteiger partial charge in [0.05, 0.1) is 23.1 Å². The van der Waals surface area contributed by atoms with Crippen molar-refractivity contribution in [2.24, 2.45) is 5.92 Å². The Morgan fingerprint density at radius 3 is 2.61 bits per heavy atom. The number of benzene rings is 2. The number of thioether (sulfide) groups is 1. The molecule has 2 aromatic heterocycles. The lowest BCUT2D eigenvalue weighted by molar-refractivity contribution is 0.519. The molecule has 0 saturated heterocycles. The largest absolute Gasteiger partial charge is 0.308 e. The van der Waals surface area contributed by atoms with Crippen LogP contribution < -0.4 is 10.9 Å². The van der Waals surface area contributed by atoms with E-state index in [0.717, 1.165) is 32.7 Å². The van der Waals surface area contributed by atoms with Gasteiger partial charge in [-0.1, -0.05) is 38.1 Å². The molecule has 6 nitrogen and oxygen atoms in total. The van der Waals surface area contributed by atoms with Crippen LogP contribution in [-0.4, -0.2) is 25.8 Å². The summed E-state index contributed by atoms with van der Waals surface area (Å²) in [7, 11) is 0. The average molecular weight is 434 g/mol. The van der Waals surface area contributed by atoms with Gasteiger partial charge in [-0.25, -0.2) is 0 Å². The minimum atomic E-state index is 0.0693. The van der Waals surface area contributed by atoms with Crippen molar-refractivity contribution in [3.8, 4) is 5.69 Å². The quantitative estimate of drug-likeness (QED) is 0.421. The van der Waals surface area contributed by atoms with Gasteiger partial charge in [0, 0.05) is 30.1 Å². The first-order valence-corrected chi connectivity index (χ1v) is 11.7. The molecule has 31 heavy (non-hydrogen) atoms. The number of fused-ring (bicyclic) bond motifs is 1. The highest BCUT2D eigenvalue weighted by molar-refractivity contribution is 7.98. The number of hydrogen-bond donors (Lipinski definition) is 1. The van der Waals surface area contributed by atoms with Gasteiger partial charge in [0.2, 0.25) is 0 Å². The molecule has 0 radical (unpaired) electrons. The van der Waals surface area contributed by atoms with Crippen LogP contribution in [0.1, 0.15) is 25.1 Å². The van der Waals surface area contributed by atoms with Crippen molar-refractivity contribution in [2.75, 3.05) is 6.26 Å². The Labute approximate surface area is 186 Å². The van der Waals surface area contributed by atoms with E-state index in [-0.39, 0.29) is 5.56 Å². The fraction of sp³-hybridized carbons (Fsp3) is 0.292. The Kier molecular flexibility index (Phi) is 6.53. The smallest absolute Gasteiger partial charge is 0.255 e. The maximum atomic E-state index is 13.2. The standard InChI is InChI=1S/C24H27N5OS/c1-17(2)16-28-23-12-22(31-3)10-9-18(23)11-19(24(28)30)13-25-14-20-15-26-29(27-20)21-7-5-4-6-8-21/h4-12,15,17,25H,13-14,16H2,1-3H3. The molecule has 4 rings (SSSR count). The average Bonchev–Trinajstić information content (AvgIpc) is 3.25. The summed E-state index contributed by atoms with van der Waals surface area (Å²) in [6, 6.07) is 18.1. The third-order valence-corrected chi connectivity index (χ3v) is 5.80. The zero-order chi connectivity index (χ0) is 21.8. The molecule has 160 valence electrons. The molecule has 0 amide bonds. The summed E-state index contributed by atoms with van der Waals surface area (Å²) in [5, 5.41) is 13.3. The predicted octanol–water partition coefficient (Wildman–Crippen LogP) is 4.25. The van der Waals surface area contributed by atoms with Gasteiger partial charge in [-0.05, 0) is 47.9 Å². The summed E-state index contributed by atoms with van der Waals surface area (Å²) in [6.45, 7) is 6.00. The fourth-order valence-corrected chi connectivity index (χ4v) is 4.03. The molecule has 0 atom stereocenters. The normalized spacial score (nSPS) is 11.5. The van der Waals surface area contributed by atoms with Crippen LogP contribution in [0.3, 0.4) is 0 Å². The first-order chi connectivity index (χ1) is 15.0. The maximum Gasteiger partial charge on any atom is 0.255 e. The van der Waals surface area contributed by atoms with Crippen LogP contribution in [-0.2, 0) is 19.6 Å². The zero-order valence-electron chi connectivity index (χ0n) is 18.1. The first-order valence-electron chi connectivity index (χ1n) is 10.4. The van der Waals surface area contributed by atoms with E-state index in [4.69, 9.17) is 0 Å². The third kappa shape index (κ3) is 4.89. The molecule has 0 aliphatic carbocycles. The minimum absolute atomic E-state index is 0.0693. The van der Waals surface area contributed by atoms with Crippen molar-refractivity contribution < 1.29 is 0 Å². The molecule has 0 spiro atoms. The number of para-hydroxylation sites is 1. The van der Waals surface area contributed by atoms with Crippen LogP contribution in [0.5, 0.6) is 0 Å². The highest BCUT2D eigenvalue weighted by Crippen LogP contribution is 2.22. The van der Waals surface area contributed by atoms with Crippen LogP contribution in [0.4, 0.5) is 0 Å². The predicted molar refractivity (Wildman–Crippen MR) is 127 cm³/mol. The third-order valence-electron chi connectivity index (χ3n) is 5.07. The summed E-state index contributed by atoms with van der Waals surface area (Å²) < 4.78 is 1.92. The number of nitrogens with zero attached hydrogens (tertiary/aromatic N) is 4. The Balaban J connectivity index is 1.54. The summed E-state index contributed by atoms with van der Waals surface area (Å²) in [6.07, 6.45) is 3.81. The molecule has 2 heterocycles. The highest BCUT2D eigenvalue weighted by atomic mass is 32.2. The zero-order valence-corrected chi connectivity index (χ0v) is 18.9. The van der Waals surface area contributed by atoms with E-state index in [0.29, 0.717) is 25.6 Å². The van der Waals surface area contributed by atoms with E-state index in [1.54, 1.807) is 22.8 Å². The second kappa shape index (κ2) is 9.49.